The monoisotopic (exact) mass is 304 g/mol. The van der Waals surface area contributed by atoms with Crippen molar-refractivity contribution >= 4 is 46.5 Å². The molecule has 90 valence electrons. The Morgan fingerprint density at radius 2 is 2.00 bits per heavy atom. The van der Waals surface area contributed by atoms with Crippen molar-refractivity contribution in [3.63, 3.8) is 0 Å². The van der Waals surface area contributed by atoms with Gasteiger partial charge in [-0.3, -0.25) is 0 Å². The van der Waals surface area contributed by atoms with Crippen molar-refractivity contribution in [3.8, 4) is 0 Å². The van der Waals surface area contributed by atoms with Crippen molar-refractivity contribution < 1.29 is 0 Å². The molecule has 0 fully saturated rings. The van der Waals surface area contributed by atoms with Crippen molar-refractivity contribution in [1.82, 2.24) is 9.36 Å². The highest BCUT2D eigenvalue weighted by Gasteiger charge is 2.10. The average molecular weight is 305 g/mol. The number of hydrogen-bond donors (Lipinski definition) is 0. The van der Waals surface area contributed by atoms with E-state index >= 15 is 0 Å². The van der Waals surface area contributed by atoms with Crippen LogP contribution in [-0.2, 0) is 6.42 Å². The molecule has 0 aliphatic carbocycles. The average Bonchev–Trinajstić information content (AvgIpc) is 2.72. The van der Waals surface area contributed by atoms with Gasteiger partial charge >= 0.3 is 0 Å². The van der Waals surface area contributed by atoms with Crippen LogP contribution in [0.3, 0.4) is 0 Å². The van der Waals surface area contributed by atoms with Gasteiger partial charge in [-0.2, -0.15) is 4.37 Å². The van der Waals surface area contributed by atoms with E-state index in [9.17, 15) is 0 Å². The molecular formula is C11H10Cl2N2S2. The standard InChI is InChI=1S/C11H10Cl2N2S2/c1-2-16-11-14-10(15-17-11)6-7-8(12)4-3-5-9(7)13/h3-5H,2,6H2,1H3. The molecule has 2 aromatic rings. The van der Waals surface area contributed by atoms with E-state index in [0.717, 1.165) is 21.5 Å². The zero-order chi connectivity index (χ0) is 12.3. The normalized spacial score (nSPS) is 10.8. The van der Waals surface area contributed by atoms with Gasteiger partial charge in [0.2, 0.25) is 0 Å². The summed E-state index contributed by atoms with van der Waals surface area (Å²) in [4.78, 5) is 4.43. The fraction of sp³-hybridized carbons (Fsp3) is 0.273. The maximum Gasteiger partial charge on any atom is 0.170 e. The number of nitrogens with zero attached hydrogens (tertiary/aromatic N) is 2. The Bertz CT molecular complexity index is 494. The Labute approximate surface area is 119 Å². The summed E-state index contributed by atoms with van der Waals surface area (Å²) in [6.07, 6.45) is 0.583. The summed E-state index contributed by atoms with van der Waals surface area (Å²) >= 11 is 15.3. The smallest absolute Gasteiger partial charge is 0.170 e. The third-order valence-electron chi connectivity index (χ3n) is 2.11. The van der Waals surface area contributed by atoms with Gasteiger partial charge in [0.25, 0.3) is 0 Å². The predicted molar refractivity (Wildman–Crippen MR) is 75.6 cm³/mol. The SMILES string of the molecule is CCSc1nc(Cc2c(Cl)cccc2Cl)ns1. The summed E-state index contributed by atoms with van der Waals surface area (Å²) in [6.45, 7) is 2.09. The molecule has 1 aromatic heterocycles. The summed E-state index contributed by atoms with van der Waals surface area (Å²) in [7, 11) is 0. The highest BCUT2D eigenvalue weighted by Crippen LogP contribution is 2.27. The van der Waals surface area contributed by atoms with Crippen molar-refractivity contribution in [2.75, 3.05) is 5.75 Å². The first-order chi connectivity index (χ1) is 8.20. The quantitative estimate of drug-likeness (QED) is 0.775. The molecule has 0 spiro atoms. The molecule has 0 aliphatic rings. The number of hydrogen-bond acceptors (Lipinski definition) is 4. The number of thioether (sulfide) groups is 1. The summed E-state index contributed by atoms with van der Waals surface area (Å²) in [5.74, 6) is 1.78. The fourth-order valence-electron chi connectivity index (χ4n) is 1.35. The number of halogens is 2. The van der Waals surface area contributed by atoms with Crippen LogP contribution < -0.4 is 0 Å². The second-order valence-electron chi connectivity index (χ2n) is 3.29. The summed E-state index contributed by atoms with van der Waals surface area (Å²) < 4.78 is 5.30. The van der Waals surface area contributed by atoms with Crippen LogP contribution in [0.1, 0.15) is 18.3 Å². The van der Waals surface area contributed by atoms with Crippen molar-refractivity contribution in [3.05, 3.63) is 39.6 Å². The molecule has 0 N–H and O–H groups in total. The second-order valence-corrected chi connectivity index (χ2v) is 6.36. The minimum Gasteiger partial charge on any atom is -0.213 e. The first-order valence-electron chi connectivity index (χ1n) is 5.09. The minimum absolute atomic E-state index is 0.583. The van der Waals surface area contributed by atoms with Gasteiger partial charge in [0.1, 0.15) is 5.82 Å². The lowest BCUT2D eigenvalue weighted by Crippen LogP contribution is -1.93. The van der Waals surface area contributed by atoms with Crippen LogP contribution >= 0.6 is 46.5 Å². The molecule has 0 unspecified atom stereocenters. The van der Waals surface area contributed by atoms with E-state index in [4.69, 9.17) is 23.2 Å². The van der Waals surface area contributed by atoms with E-state index in [2.05, 4.69) is 16.3 Å². The molecule has 0 saturated carbocycles. The van der Waals surface area contributed by atoms with Crippen LogP contribution in [0.15, 0.2) is 22.5 Å². The highest BCUT2D eigenvalue weighted by atomic mass is 35.5. The van der Waals surface area contributed by atoms with E-state index in [1.54, 1.807) is 11.8 Å². The van der Waals surface area contributed by atoms with Gasteiger partial charge < -0.3 is 0 Å². The van der Waals surface area contributed by atoms with E-state index in [1.807, 2.05) is 18.2 Å². The molecule has 0 saturated heterocycles. The van der Waals surface area contributed by atoms with E-state index in [-0.39, 0.29) is 0 Å². The molecule has 6 heteroatoms. The topological polar surface area (TPSA) is 25.8 Å². The second kappa shape index (κ2) is 6.05. The number of aromatic nitrogens is 2. The van der Waals surface area contributed by atoms with Crippen LogP contribution in [0, 0.1) is 0 Å². The molecule has 0 atom stereocenters. The zero-order valence-electron chi connectivity index (χ0n) is 9.11. The van der Waals surface area contributed by atoms with Gasteiger partial charge in [0, 0.05) is 16.5 Å². The third-order valence-corrected chi connectivity index (χ3v) is 4.58. The number of benzene rings is 1. The van der Waals surface area contributed by atoms with Crippen LogP contribution in [0.2, 0.25) is 10.0 Å². The van der Waals surface area contributed by atoms with E-state index < -0.39 is 0 Å². The Hall–Kier alpha value is -0.290. The van der Waals surface area contributed by atoms with Gasteiger partial charge in [-0.1, -0.05) is 48.0 Å². The first kappa shape index (κ1) is 13.1. The summed E-state index contributed by atoms with van der Waals surface area (Å²) in [6, 6.07) is 5.49. The third kappa shape index (κ3) is 3.35. The molecule has 0 radical (unpaired) electrons. The maximum atomic E-state index is 6.11. The first-order valence-corrected chi connectivity index (χ1v) is 7.60. The Morgan fingerprint density at radius 3 is 2.65 bits per heavy atom. The lowest BCUT2D eigenvalue weighted by atomic mass is 10.1. The molecule has 1 aromatic carbocycles. The van der Waals surface area contributed by atoms with Gasteiger partial charge in [-0.05, 0) is 35.0 Å². The maximum absolute atomic E-state index is 6.11. The lowest BCUT2D eigenvalue weighted by Gasteiger charge is -2.03. The van der Waals surface area contributed by atoms with Gasteiger partial charge in [-0.15, -0.1) is 0 Å². The Morgan fingerprint density at radius 1 is 1.29 bits per heavy atom. The van der Waals surface area contributed by atoms with Crippen molar-refractivity contribution in [2.45, 2.75) is 17.7 Å². The molecular weight excluding hydrogens is 295 g/mol. The highest BCUT2D eigenvalue weighted by molar-refractivity contribution is 8.00. The van der Waals surface area contributed by atoms with Gasteiger partial charge in [0.15, 0.2) is 4.34 Å². The fourth-order valence-corrected chi connectivity index (χ4v) is 3.41. The molecule has 2 nitrogen and oxygen atoms in total. The Kier molecular flexibility index (Phi) is 4.68. The van der Waals surface area contributed by atoms with Gasteiger partial charge in [0.05, 0.1) is 0 Å². The van der Waals surface area contributed by atoms with Crippen LogP contribution in [0.4, 0.5) is 0 Å². The molecule has 2 rings (SSSR count). The van der Waals surface area contributed by atoms with E-state index in [0.29, 0.717) is 16.5 Å². The van der Waals surface area contributed by atoms with Crippen molar-refractivity contribution in [2.24, 2.45) is 0 Å². The zero-order valence-corrected chi connectivity index (χ0v) is 12.3. The molecule has 0 amide bonds. The number of rotatable bonds is 4. The Balaban J connectivity index is 2.19. The molecule has 0 bridgehead atoms. The van der Waals surface area contributed by atoms with Gasteiger partial charge in [-0.25, -0.2) is 4.98 Å². The molecule has 0 aliphatic heterocycles. The lowest BCUT2D eigenvalue weighted by molar-refractivity contribution is 1.00. The molecule has 17 heavy (non-hydrogen) atoms. The largest absolute Gasteiger partial charge is 0.213 e. The van der Waals surface area contributed by atoms with Crippen LogP contribution in [0.5, 0.6) is 0 Å². The van der Waals surface area contributed by atoms with E-state index in [1.165, 1.54) is 11.5 Å². The predicted octanol–water partition coefficient (Wildman–Crippen LogP) is 4.55. The van der Waals surface area contributed by atoms with Crippen LogP contribution in [0.25, 0.3) is 0 Å². The van der Waals surface area contributed by atoms with Crippen LogP contribution in [-0.4, -0.2) is 15.1 Å². The summed E-state index contributed by atoms with van der Waals surface area (Å²) in [5, 5.41) is 1.33. The summed E-state index contributed by atoms with van der Waals surface area (Å²) in [5.41, 5.74) is 0.890. The van der Waals surface area contributed by atoms with Crippen molar-refractivity contribution in [1.29, 1.82) is 0 Å². The molecule has 1 heterocycles. The minimum atomic E-state index is 0.583.